The number of hydrogen-bond donors (Lipinski definition) is 1. The van der Waals surface area contributed by atoms with E-state index in [4.69, 9.17) is 4.74 Å². The molecular formula is C11H20N2OS. The van der Waals surface area contributed by atoms with Crippen LogP contribution < -0.4 is 5.32 Å². The molecule has 0 saturated heterocycles. The molecule has 0 aliphatic rings. The van der Waals surface area contributed by atoms with Gasteiger partial charge in [-0.15, -0.1) is 11.3 Å². The molecular weight excluding hydrogens is 208 g/mol. The van der Waals surface area contributed by atoms with Crippen LogP contribution in [0.2, 0.25) is 0 Å². The van der Waals surface area contributed by atoms with E-state index in [2.05, 4.69) is 29.5 Å². The normalized spacial score (nSPS) is 13.0. The van der Waals surface area contributed by atoms with Crippen LogP contribution in [0.1, 0.15) is 36.9 Å². The Morgan fingerprint density at radius 1 is 1.60 bits per heavy atom. The van der Waals surface area contributed by atoms with Gasteiger partial charge in [-0.1, -0.05) is 13.8 Å². The van der Waals surface area contributed by atoms with Gasteiger partial charge in [-0.05, 0) is 12.3 Å². The predicted octanol–water partition coefficient (Wildman–Crippen LogP) is 2.39. The molecule has 15 heavy (non-hydrogen) atoms. The summed E-state index contributed by atoms with van der Waals surface area (Å²) in [6.07, 6.45) is 1.15. The highest BCUT2D eigenvalue weighted by molar-refractivity contribution is 7.09. The number of hydrogen-bond acceptors (Lipinski definition) is 4. The van der Waals surface area contributed by atoms with Gasteiger partial charge in [0.05, 0.1) is 12.3 Å². The molecule has 0 bridgehead atoms. The summed E-state index contributed by atoms with van der Waals surface area (Å²) in [5, 5.41) is 6.63. The van der Waals surface area contributed by atoms with Crippen molar-refractivity contribution in [3.05, 3.63) is 16.1 Å². The SMILES string of the molecule is CCC(C)c1csc(CNCCOC)n1. The quantitative estimate of drug-likeness (QED) is 0.728. The van der Waals surface area contributed by atoms with E-state index in [-0.39, 0.29) is 0 Å². The second kappa shape index (κ2) is 6.93. The molecule has 1 rings (SSSR count). The van der Waals surface area contributed by atoms with E-state index in [9.17, 15) is 0 Å². The molecule has 0 saturated carbocycles. The van der Waals surface area contributed by atoms with Crippen molar-refractivity contribution in [2.45, 2.75) is 32.7 Å². The Hall–Kier alpha value is -0.450. The zero-order valence-corrected chi connectivity index (χ0v) is 10.6. The maximum atomic E-state index is 4.96. The first-order valence-corrected chi connectivity index (χ1v) is 6.29. The molecule has 1 aromatic heterocycles. The Kier molecular flexibility index (Phi) is 5.83. The van der Waals surface area contributed by atoms with Gasteiger partial charge in [0.15, 0.2) is 0 Å². The number of thiazole rings is 1. The Bertz CT molecular complexity index is 275. The Labute approximate surface area is 95.9 Å². The Morgan fingerprint density at radius 2 is 2.40 bits per heavy atom. The third-order valence-electron chi connectivity index (χ3n) is 2.45. The molecule has 0 aliphatic carbocycles. The summed E-state index contributed by atoms with van der Waals surface area (Å²) in [6, 6.07) is 0. The van der Waals surface area contributed by atoms with Gasteiger partial charge in [0.25, 0.3) is 0 Å². The smallest absolute Gasteiger partial charge is 0.107 e. The minimum atomic E-state index is 0.578. The maximum Gasteiger partial charge on any atom is 0.107 e. The summed E-state index contributed by atoms with van der Waals surface area (Å²) >= 11 is 1.74. The van der Waals surface area contributed by atoms with Crippen LogP contribution in [0.5, 0.6) is 0 Å². The first-order chi connectivity index (χ1) is 7.27. The monoisotopic (exact) mass is 228 g/mol. The van der Waals surface area contributed by atoms with Gasteiger partial charge >= 0.3 is 0 Å². The van der Waals surface area contributed by atoms with Crippen molar-refractivity contribution >= 4 is 11.3 Å². The van der Waals surface area contributed by atoms with Crippen LogP contribution >= 0.6 is 11.3 Å². The summed E-state index contributed by atoms with van der Waals surface area (Å²) in [4.78, 5) is 4.59. The van der Waals surface area contributed by atoms with E-state index >= 15 is 0 Å². The van der Waals surface area contributed by atoms with Gasteiger partial charge in [0.2, 0.25) is 0 Å². The maximum absolute atomic E-state index is 4.96. The highest BCUT2D eigenvalue weighted by atomic mass is 32.1. The molecule has 86 valence electrons. The minimum Gasteiger partial charge on any atom is -0.383 e. The minimum absolute atomic E-state index is 0.578. The van der Waals surface area contributed by atoms with Crippen molar-refractivity contribution < 1.29 is 4.74 Å². The number of nitrogens with zero attached hydrogens (tertiary/aromatic N) is 1. The third-order valence-corrected chi connectivity index (χ3v) is 3.31. The molecule has 0 aliphatic heterocycles. The van der Waals surface area contributed by atoms with E-state index in [1.54, 1.807) is 18.4 Å². The van der Waals surface area contributed by atoms with E-state index in [0.29, 0.717) is 5.92 Å². The summed E-state index contributed by atoms with van der Waals surface area (Å²) < 4.78 is 4.96. The number of aromatic nitrogens is 1. The first kappa shape index (κ1) is 12.6. The summed E-state index contributed by atoms with van der Waals surface area (Å²) in [6.45, 7) is 6.90. The molecule has 4 heteroatoms. The highest BCUT2D eigenvalue weighted by Gasteiger charge is 2.07. The molecule has 0 radical (unpaired) electrons. The van der Waals surface area contributed by atoms with Crippen LogP contribution in [0.25, 0.3) is 0 Å². The van der Waals surface area contributed by atoms with E-state index in [1.807, 2.05) is 0 Å². The van der Waals surface area contributed by atoms with Gasteiger partial charge in [-0.2, -0.15) is 0 Å². The van der Waals surface area contributed by atoms with Crippen LogP contribution in [0.3, 0.4) is 0 Å². The molecule has 3 nitrogen and oxygen atoms in total. The van der Waals surface area contributed by atoms with Crippen molar-refractivity contribution in [2.75, 3.05) is 20.3 Å². The van der Waals surface area contributed by atoms with Gasteiger partial charge in [0, 0.05) is 25.6 Å². The second-order valence-corrected chi connectivity index (χ2v) is 4.59. The van der Waals surface area contributed by atoms with Crippen molar-refractivity contribution in [2.24, 2.45) is 0 Å². The fourth-order valence-electron chi connectivity index (χ4n) is 1.21. The number of methoxy groups -OCH3 is 1. The largest absolute Gasteiger partial charge is 0.383 e. The predicted molar refractivity (Wildman–Crippen MR) is 64.4 cm³/mol. The van der Waals surface area contributed by atoms with E-state index < -0.39 is 0 Å². The fraction of sp³-hybridized carbons (Fsp3) is 0.727. The molecule has 1 heterocycles. The molecule has 0 spiro atoms. The second-order valence-electron chi connectivity index (χ2n) is 3.64. The van der Waals surface area contributed by atoms with Gasteiger partial charge in [-0.25, -0.2) is 4.98 Å². The molecule has 1 N–H and O–H groups in total. The number of nitrogens with one attached hydrogen (secondary N) is 1. The number of rotatable bonds is 7. The lowest BCUT2D eigenvalue weighted by Gasteiger charge is -2.03. The average molecular weight is 228 g/mol. The van der Waals surface area contributed by atoms with Crippen molar-refractivity contribution in [1.29, 1.82) is 0 Å². The highest BCUT2D eigenvalue weighted by Crippen LogP contribution is 2.20. The lowest BCUT2D eigenvalue weighted by Crippen LogP contribution is -2.18. The lowest BCUT2D eigenvalue weighted by molar-refractivity contribution is 0.199. The van der Waals surface area contributed by atoms with Crippen LogP contribution in [-0.4, -0.2) is 25.2 Å². The zero-order valence-electron chi connectivity index (χ0n) is 9.75. The van der Waals surface area contributed by atoms with Gasteiger partial charge < -0.3 is 10.1 Å². The average Bonchev–Trinajstić information content (AvgIpc) is 2.72. The topological polar surface area (TPSA) is 34.1 Å². The first-order valence-electron chi connectivity index (χ1n) is 5.41. The number of ether oxygens (including phenoxy) is 1. The summed E-state index contributed by atoms with van der Waals surface area (Å²) in [7, 11) is 1.71. The Balaban J connectivity index is 2.33. The van der Waals surface area contributed by atoms with E-state index in [0.717, 1.165) is 26.1 Å². The van der Waals surface area contributed by atoms with Crippen molar-refractivity contribution in [3.8, 4) is 0 Å². The lowest BCUT2D eigenvalue weighted by atomic mass is 10.1. The molecule has 1 unspecified atom stereocenters. The van der Waals surface area contributed by atoms with E-state index in [1.165, 1.54) is 10.7 Å². The molecule has 1 aromatic rings. The zero-order chi connectivity index (χ0) is 11.1. The van der Waals surface area contributed by atoms with Crippen LogP contribution in [0, 0.1) is 0 Å². The van der Waals surface area contributed by atoms with Crippen molar-refractivity contribution in [3.63, 3.8) is 0 Å². The van der Waals surface area contributed by atoms with Crippen molar-refractivity contribution in [1.82, 2.24) is 10.3 Å². The third kappa shape index (κ3) is 4.28. The molecule has 0 fully saturated rings. The van der Waals surface area contributed by atoms with Crippen LogP contribution in [-0.2, 0) is 11.3 Å². The Morgan fingerprint density at radius 3 is 3.07 bits per heavy atom. The standard InChI is InChI=1S/C11H20N2OS/c1-4-9(2)10-8-15-11(13-10)7-12-5-6-14-3/h8-9,12H,4-7H2,1-3H3. The van der Waals surface area contributed by atoms with Gasteiger partial charge in [0.1, 0.15) is 5.01 Å². The van der Waals surface area contributed by atoms with Crippen LogP contribution in [0.15, 0.2) is 5.38 Å². The summed E-state index contributed by atoms with van der Waals surface area (Å²) in [5.74, 6) is 0.578. The molecule has 1 atom stereocenters. The molecule has 0 aromatic carbocycles. The molecule has 0 amide bonds. The fourth-order valence-corrected chi connectivity index (χ4v) is 2.10. The summed E-state index contributed by atoms with van der Waals surface area (Å²) in [5.41, 5.74) is 1.23. The van der Waals surface area contributed by atoms with Gasteiger partial charge in [-0.3, -0.25) is 0 Å². The van der Waals surface area contributed by atoms with Crippen LogP contribution in [0.4, 0.5) is 0 Å².